The molecule has 0 N–H and O–H groups in total. The van der Waals surface area contributed by atoms with Crippen molar-refractivity contribution in [2.45, 2.75) is 6.92 Å². The van der Waals surface area contributed by atoms with Crippen LogP contribution in [0.1, 0.15) is 16.2 Å². The molecule has 1 aliphatic heterocycles. The van der Waals surface area contributed by atoms with Crippen LogP contribution in [0.3, 0.4) is 0 Å². The Morgan fingerprint density at radius 1 is 1.16 bits per heavy atom. The SMILES string of the molecule is Cc1cc(C(=O)N2CCN(C(=O)COc3ccc(F)cc3)CC2)no1. The van der Waals surface area contributed by atoms with Gasteiger partial charge < -0.3 is 19.1 Å². The quantitative estimate of drug-likeness (QED) is 0.837. The minimum Gasteiger partial charge on any atom is -0.484 e. The first-order valence-corrected chi connectivity index (χ1v) is 7.91. The second-order valence-corrected chi connectivity index (χ2v) is 5.74. The average molecular weight is 347 g/mol. The Bertz CT molecular complexity index is 752. The number of aryl methyl sites for hydroxylation is 1. The van der Waals surface area contributed by atoms with Crippen molar-refractivity contribution in [3.8, 4) is 5.75 Å². The number of hydrogen-bond acceptors (Lipinski definition) is 5. The standard InChI is InChI=1S/C17H18FN3O4/c1-12-10-15(19-25-12)17(23)21-8-6-20(7-9-21)16(22)11-24-14-4-2-13(18)3-5-14/h2-5,10H,6-9,11H2,1H3. The normalized spacial score (nSPS) is 14.5. The van der Waals surface area contributed by atoms with Crippen LogP contribution in [0.25, 0.3) is 0 Å². The van der Waals surface area contributed by atoms with E-state index in [1.165, 1.54) is 24.3 Å². The summed E-state index contributed by atoms with van der Waals surface area (Å²) in [6.07, 6.45) is 0. The third kappa shape index (κ3) is 4.14. The maximum Gasteiger partial charge on any atom is 0.276 e. The first-order valence-electron chi connectivity index (χ1n) is 7.91. The summed E-state index contributed by atoms with van der Waals surface area (Å²) >= 11 is 0. The second kappa shape index (κ2) is 7.33. The van der Waals surface area contributed by atoms with Gasteiger partial charge in [0, 0.05) is 32.2 Å². The van der Waals surface area contributed by atoms with E-state index >= 15 is 0 Å². The minimum absolute atomic E-state index is 0.123. The third-order valence-electron chi connectivity index (χ3n) is 3.94. The van der Waals surface area contributed by atoms with E-state index in [0.29, 0.717) is 37.7 Å². The van der Waals surface area contributed by atoms with Crippen molar-refractivity contribution in [2.24, 2.45) is 0 Å². The first kappa shape index (κ1) is 16.9. The number of benzene rings is 1. The van der Waals surface area contributed by atoms with Gasteiger partial charge in [-0.1, -0.05) is 5.16 Å². The van der Waals surface area contributed by atoms with Gasteiger partial charge in [-0.2, -0.15) is 0 Å². The summed E-state index contributed by atoms with van der Waals surface area (Å²) in [6, 6.07) is 7.08. The van der Waals surface area contributed by atoms with Crippen LogP contribution in [0.2, 0.25) is 0 Å². The Balaban J connectivity index is 1.47. The largest absolute Gasteiger partial charge is 0.484 e. The van der Waals surface area contributed by atoms with Gasteiger partial charge in [-0.25, -0.2) is 4.39 Å². The van der Waals surface area contributed by atoms with E-state index in [4.69, 9.17) is 9.26 Å². The Morgan fingerprint density at radius 3 is 2.40 bits per heavy atom. The molecule has 0 spiro atoms. The van der Waals surface area contributed by atoms with Crippen LogP contribution in [0.5, 0.6) is 5.75 Å². The highest BCUT2D eigenvalue weighted by molar-refractivity contribution is 5.92. The Hall–Kier alpha value is -2.90. The van der Waals surface area contributed by atoms with Gasteiger partial charge in [-0.15, -0.1) is 0 Å². The molecule has 25 heavy (non-hydrogen) atoms. The summed E-state index contributed by atoms with van der Waals surface area (Å²) in [7, 11) is 0. The molecule has 1 aliphatic rings. The zero-order valence-corrected chi connectivity index (χ0v) is 13.8. The highest BCUT2D eigenvalue weighted by Gasteiger charge is 2.26. The van der Waals surface area contributed by atoms with Gasteiger partial charge >= 0.3 is 0 Å². The molecule has 1 fully saturated rings. The summed E-state index contributed by atoms with van der Waals surface area (Å²) in [4.78, 5) is 27.7. The lowest BCUT2D eigenvalue weighted by Gasteiger charge is -2.34. The van der Waals surface area contributed by atoms with Crippen molar-refractivity contribution < 1.29 is 23.2 Å². The van der Waals surface area contributed by atoms with E-state index in [1.807, 2.05) is 0 Å². The summed E-state index contributed by atoms with van der Waals surface area (Å²) in [5.74, 6) is 0.280. The highest BCUT2D eigenvalue weighted by Crippen LogP contribution is 2.12. The lowest BCUT2D eigenvalue weighted by molar-refractivity contribution is -0.134. The van der Waals surface area contributed by atoms with E-state index < -0.39 is 0 Å². The van der Waals surface area contributed by atoms with Crippen LogP contribution in [0.15, 0.2) is 34.9 Å². The molecule has 0 unspecified atom stereocenters. The molecule has 1 aromatic carbocycles. The predicted molar refractivity (Wildman–Crippen MR) is 85.6 cm³/mol. The van der Waals surface area contributed by atoms with Crippen LogP contribution >= 0.6 is 0 Å². The van der Waals surface area contributed by atoms with Crippen molar-refractivity contribution >= 4 is 11.8 Å². The molecule has 8 heteroatoms. The van der Waals surface area contributed by atoms with Gasteiger partial charge in [0.2, 0.25) is 0 Å². The van der Waals surface area contributed by atoms with E-state index in [9.17, 15) is 14.0 Å². The predicted octanol–water partition coefficient (Wildman–Crippen LogP) is 1.49. The minimum atomic E-state index is -0.359. The number of nitrogens with zero attached hydrogens (tertiary/aromatic N) is 3. The zero-order valence-electron chi connectivity index (χ0n) is 13.8. The van der Waals surface area contributed by atoms with Gasteiger partial charge in [0.05, 0.1) is 0 Å². The molecule has 2 heterocycles. The molecule has 0 saturated carbocycles. The van der Waals surface area contributed by atoms with Gasteiger partial charge in [0.15, 0.2) is 12.3 Å². The van der Waals surface area contributed by atoms with Crippen LogP contribution in [-0.4, -0.2) is 59.6 Å². The third-order valence-corrected chi connectivity index (χ3v) is 3.94. The van der Waals surface area contributed by atoms with Crippen LogP contribution < -0.4 is 4.74 Å². The maximum atomic E-state index is 12.8. The molecule has 2 amide bonds. The number of carbonyl (C=O) groups is 2. The van der Waals surface area contributed by atoms with E-state index in [2.05, 4.69) is 5.16 Å². The summed E-state index contributed by atoms with van der Waals surface area (Å²) in [5.41, 5.74) is 0.275. The van der Waals surface area contributed by atoms with E-state index in [-0.39, 0.29) is 29.9 Å². The first-order chi connectivity index (χ1) is 12.0. The molecular formula is C17H18FN3O4. The van der Waals surface area contributed by atoms with Crippen molar-refractivity contribution in [1.29, 1.82) is 0 Å². The highest BCUT2D eigenvalue weighted by atomic mass is 19.1. The number of piperazine rings is 1. The number of amides is 2. The summed E-state index contributed by atoms with van der Waals surface area (Å²) < 4.78 is 23.1. The molecule has 0 aliphatic carbocycles. The molecule has 0 bridgehead atoms. The zero-order chi connectivity index (χ0) is 17.8. The number of halogens is 1. The maximum absolute atomic E-state index is 12.8. The molecule has 2 aromatic rings. The van der Waals surface area contributed by atoms with Crippen LogP contribution in [0, 0.1) is 12.7 Å². The molecule has 0 radical (unpaired) electrons. The van der Waals surface area contributed by atoms with Crippen molar-refractivity contribution in [3.63, 3.8) is 0 Å². The fourth-order valence-electron chi connectivity index (χ4n) is 2.56. The van der Waals surface area contributed by atoms with Crippen molar-refractivity contribution in [3.05, 3.63) is 47.6 Å². The summed E-state index contributed by atoms with van der Waals surface area (Å²) in [5, 5.41) is 3.72. The van der Waals surface area contributed by atoms with Crippen LogP contribution in [-0.2, 0) is 4.79 Å². The topological polar surface area (TPSA) is 75.9 Å². The number of ether oxygens (including phenoxy) is 1. The fraction of sp³-hybridized carbons (Fsp3) is 0.353. The lowest BCUT2D eigenvalue weighted by Crippen LogP contribution is -2.51. The fourth-order valence-corrected chi connectivity index (χ4v) is 2.56. The molecule has 3 rings (SSSR count). The Kier molecular flexibility index (Phi) is 4.97. The lowest BCUT2D eigenvalue weighted by atomic mass is 10.2. The molecule has 132 valence electrons. The van der Waals surface area contributed by atoms with Gasteiger partial charge in [-0.05, 0) is 31.2 Å². The van der Waals surface area contributed by atoms with E-state index in [0.717, 1.165) is 0 Å². The second-order valence-electron chi connectivity index (χ2n) is 5.74. The van der Waals surface area contributed by atoms with Gasteiger partial charge in [0.25, 0.3) is 11.8 Å². The molecule has 1 saturated heterocycles. The van der Waals surface area contributed by atoms with Gasteiger partial charge in [0.1, 0.15) is 17.3 Å². The average Bonchev–Trinajstić information content (AvgIpc) is 3.07. The van der Waals surface area contributed by atoms with E-state index in [1.54, 1.807) is 22.8 Å². The Morgan fingerprint density at radius 2 is 1.80 bits per heavy atom. The number of rotatable bonds is 4. The number of hydrogen-bond donors (Lipinski definition) is 0. The smallest absolute Gasteiger partial charge is 0.276 e. The summed E-state index contributed by atoms with van der Waals surface area (Å²) in [6.45, 7) is 3.30. The number of carbonyl (C=O) groups excluding carboxylic acids is 2. The van der Waals surface area contributed by atoms with Crippen molar-refractivity contribution in [1.82, 2.24) is 15.0 Å². The molecule has 0 atom stereocenters. The number of aromatic nitrogens is 1. The molecular weight excluding hydrogens is 329 g/mol. The van der Waals surface area contributed by atoms with Crippen LogP contribution in [0.4, 0.5) is 4.39 Å². The van der Waals surface area contributed by atoms with Crippen molar-refractivity contribution in [2.75, 3.05) is 32.8 Å². The molecule has 1 aromatic heterocycles. The van der Waals surface area contributed by atoms with Gasteiger partial charge in [-0.3, -0.25) is 9.59 Å². The monoisotopic (exact) mass is 347 g/mol. The molecule has 7 nitrogen and oxygen atoms in total. The Labute approximate surface area is 143 Å².